The fraction of sp³-hybridized carbons (Fsp3) is 0.250. The van der Waals surface area contributed by atoms with Crippen LogP contribution in [0, 0.1) is 0 Å². The summed E-state index contributed by atoms with van der Waals surface area (Å²) >= 11 is -1.65. The van der Waals surface area contributed by atoms with E-state index in [1.165, 1.54) is 11.1 Å². The Morgan fingerprint density at radius 2 is 0.920 bits per heavy atom. The van der Waals surface area contributed by atoms with Gasteiger partial charge in [-0.25, -0.2) is 0 Å². The van der Waals surface area contributed by atoms with Gasteiger partial charge in [0.2, 0.25) is 0 Å². The molecule has 0 aliphatic heterocycles. The molecule has 0 atom stereocenters. The quantitative estimate of drug-likeness (QED) is 0.0892. The first-order valence-electron chi connectivity index (χ1n) is 16.3. The molecule has 6 aromatic rings. The Bertz CT molecular complexity index is 1880. The summed E-state index contributed by atoms with van der Waals surface area (Å²) in [4.78, 5) is 0. The standard InChI is InChI=1S/2C19H16F3.C2H6Si.2ClH.Zr/c2*1-2-4-13-11-15-5-3-6-17(18(15)12-13)14-7-9-16(10-8-14)19(20,21)22;1-3-2;;;/h2*3,5-12H,2,4H2,1H3;1-2H3;2*1H;/q2*-1;;;;+2/p-2. The summed E-state index contributed by atoms with van der Waals surface area (Å²) in [7, 11) is 11.2. The van der Waals surface area contributed by atoms with Crippen LogP contribution in [-0.4, -0.2) is 5.43 Å². The summed E-state index contributed by atoms with van der Waals surface area (Å²) in [6, 6.07) is 31.3. The second kappa shape index (κ2) is 17.7. The van der Waals surface area contributed by atoms with E-state index in [0.29, 0.717) is 0 Å². The molecule has 264 valence electrons. The SMILES string of the molecule is CCCc1cc2c(-c3ccc(C(F)(F)F)cc3)cccc2[cH-]1.CCCc1cc2c(-c3ccc(C(F)(F)F)cc3)cccc2[cH-]1.C[Si](C)=[Zr]([Cl])[Cl]. The Balaban J connectivity index is 0.000000194. The third kappa shape index (κ3) is 10.7. The Morgan fingerprint density at radius 1 is 0.580 bits per heavy atom. The predicted octanol–water partition coefficient (Wildman–Crippen LogP) is 14.6. The average molecular weight is 823 g/mol. The number of rotatable bonds is 6. The molecule has 0 aliphatic carbocycles. The molecule has 6 rings (SSSR count). The van der Waals surface area contributed by atoms with Gasteiger partial charge in [0, 0.05) is 0 Å². The zero-order valence-electron chi connectivity index (χ0n) is 28.2. The van der Waals surface area contributed by atoms with Crippen molar-refractivity contribution < 1.29 is 44.3 Å². The molecule has 0 N–H and O–H groups in total. The van der Waals surface area contributed by atoms with Gasteiger partial charge in [-0.3, -0.25) is 0 Å². The van der Waals surface area contributed by atoms with Crippen molar-refractivity contribution in [3.8, 4) is 22.3 Å². The molecule has 10 heteroatoms. The molecule has 0 bridgehead atoms. The Kier molecular flexibility index (Phi) is 14.2. The van der Waals surface area contributed by atoms with Crippen LogP contribution in [0.4, 0.5) is 26.3 Å². The van der Waals surface area contributed by atoms with E-state index in [1.807, 2.05) is 36.4 Å². The van der Waals surface area contributed by atoms with Crippen molar-refractivity contribution in [2.45, 2.75) is 65.0 Å². The molecule has 0 saturated heterocycles. The second-order valence-electron chi connectivity index (χ2n) is 12.3. The molecule has 0 radical (unpaired) electrons. The fourth-order valence-electron chi connectivity index (χ4n) is 5.64. The van der Waals surface area contributed by atoms with Gasteiger partial charge < -0.3 is 0 Å². The van der Waals surface area contributed by atoms with Crippen molar-refractivity contribution >= 4 is 44.0 Å². The topological polar surface area (TPSA) is 0 Å². The van der Waals surface area contributed by atoms with E-state index in [4.69, 9.17) is 17.0 Å². The molecule has 0 aliphatic rings. The van der Waals surface area contributed by atoms with E-state index < -0.39 is 41.5 Å². The van der Waals surface area contributed by atoms with Gasteiger partial charge in [0.15, 0.2) is 0 Å². The molecule has 50 heavy (non-hydrogen) atoms. The number of hydrogen-bond donors (Lipinski definition) is 0. The number of halogens is 8. The monoisotopic (exact) mass is 820 g/mol. The number of aryl methyl sites for hydroxylation is 2. The Morgan fingerprint density at radius 3 is 1.20 bits per heavy atom. The summed E-state index contributed by atoms with van der Waals surface area (Å²) < 4.78 is 76.0. The van der Waals surface area contributed by atoms with Crippen LogP contribution in [0.5, 0.6) is 0 Å². The van der Waals surface area contributed by atoms with Gasteiger partial charge in [-0.15, -0.1) is 69.1 Å². The molecule has 0 heterocycles. The second-order valence-corrected chi connectivity index (χ2v) is 35.2. The third-order valence-electron chi connectivity index (χ3n) is 8.12. The van der Waals surface area contributed by atoms with E-state index in [1.54, 1.807) is 24.3 Å². The number of fused-ring (bicyclic) bond motifs is 2. The minimum atomic E-state index is -4.29. The molecule has 0 fully saturated rings. The third-order valence-corrected chi connectivity index (χ3v) is 27.9. The van der Waals surface area contributed by atoms with Crippen LogP contribution < -0.4 is 0 Å². The summed E-state index contributed by atoms with van der Waals surface area (Å²) in [5.74, 6) is 0. The summed E-state index contributed by atoms with van der Waals surface area (Å²) in [6.45, 7) is 8.60. The van der Waals surface area contributed by atoms with Gasteiger partial charge in [-0.05, 0) is 48.2 Å². The predicted molar refractivity (Wildman–Crippen MR) is 197 cm³/mol. The van der Waals surface area contributed by atoms with Gasteiger partial charge in [0.1, 0.15) is 0 Å². The number of alkyl halides is 6. The van der Waals surface area contributed by atoms with Crippen molar-refractivity contribution in [2.24, 2.45) is 0 Å². The maximum absolute atomic E-state index is 12.7. The molecule has 0 nitrogen and oxygen atoms in total. The van der Waals surface area contributed by atoms with Crippen LogP contribution in [-0.2, 0) is 43.2 Å². The number of benzene rings is 4. The van der Waals surface area contributed by atoms with E-state index in [2.05, 4.69) is 51.2 Å². The van der Waals surface area contributed by atoms with Gasteiger partial charge in [0.25, 0.3) is 0 Å². The molecule has 0 spiro atoms. The fourth-order valence-corrected chi connectivity index (χ4v) is 5.64. The summed E-state index contributed by atoms with van der Waals surface area (Å²) in [5.41, 5.74) is 4.68. The van der Waals surface area contributed by atoms with Crippen molar-refractivity contribution in [3.05, 3.63) is 131 Å². The molecule has 0 saturated carbocycles. The van der Waals surface area contributed by atoms with Gasteiger partial charge in [0.05, 0.1) is 11.1 Å². The van der Waals surface area contributed by atoms with Crippen molar-refractivity contribution in [1.29, 1.82) is 0 Å². The molecular formula is C40H38Cl2F6SiZr-2. The summed E-state index contributed by atoms with van der Waals surface area (Å²) in [5, 5.41) is 4.48. The Labute approximate surface area is 305 Å². The van der Waals surface area contributed by atoms with Crippen molar-refractivity contribution in [2.75, 3.05) is 0 Å². The first-order valence-corrected chi connectivity index (χ1v) is 28.8. The van der Waals surface area contributed by atoms with Crippen LogP contribution in [0.3, 0.4) is 0 Å². The van der Waals surface area contributed by atoms with E-state index >= 15 is 0 Å². The maximum atomic E-state index is 12.7. The normalized spacial score (nSPS) is 11.5. The van der Waals surface area contributed by atoms with E-state index in [-0.39, 0.29) is 5.43 Å². The van der Waals surface area contributed by atoms with Crippen LogP contribution >= 0.6 is 17.0 Å². The molecule has 0 unspecified atom stereocenters. The van der Waals surface area contributed by atoms with Crippen LogP contribution in [0.25, 0.3) is 43.8 Å². The first-order chi connectivity index (χ1) is 23.6. The van der Waals surface area contributed by atoms with Gasteiger partial charge in [-0.1, -0.05) is 74.2 Å². The Hall–Kier alpha value is -2.64. The van der Waals surface area contributed by atoms with Crippen LogP contribution in [0.15, 0.2) is 109 Å². The summed E-state index contributed by atoms with van der Waals surface area (Å²) in [6.07, 6.45) is -4.40. The van der Waals surface area contributed by atoms with Gasteiger partial charge >= 0.3 is 65.9 Å². The zero-order chi connectivity index (χ0) is 36.6. The van der Waals surface area contributed by atoms with E-state index in [0.717, 1.165) is 93.7 Å². The average Bonchev–Trinajstić information content (AvgIpc) is 3.68. The van der Waals surface area contributed by atoms with Crippen molar-refractivity contribution in [1.82, 2.24) is 0 Å². The zero-order valence-corrected chi connectivity index (χ0v) is 33.2. The van der Waals surface area contributed by atoms with E-state index in [9.17, 15) is 26.3 Å². The van der Waals surface area contributed by atoms with Crippen LogP contribution in [0.1, 0.15) is 48.9 Å². The molecule has 6 aromatic carbocycles. The van der Waals surface area contributed by atoms with Gasteiger partial charge in [-0.2, -0.15) is 38.5 Å². The molecule has 0 aromatic heterocycles. The minimum absolute atomic E-state index is 0.224. The molecule has 0 amide bonds. The van der Waals surface area contributed by atoms with Crippen molar-refractivity contribution in [3.63, 3.8) is 0 Å². The molecular weight excluding hydrogens is 785 g/mol. The first kappa shape index (κ1) is 40.1. The van der Waals surface area contributed by atoms with Crippen LogP contribution in [0.2, 0.25) is 13.1 Å². The number of hydrogen-bond acceptors (Lipinski definition) is 0.